The summed E-state index contributed by atoms with van der Waals surface area (Å²) >= 11 is 0. The molecule has 1 unspecified atom stereocenters. The number of hydrogen-bond acceptors (Lipinski definition) is 5. The first-order chi connectivity index (χ1) is 20.5. The van der Waals surface area contributed by atoms with E-state index in [0.29, 0.717) is 24.3 Å². The summed E-state index contributed by atoms with van der Waals surface area (Å²) in [5.74, 6) is -2.46. The van der Waals surface area contributed by atoms with Crippen molar-refractivity contribution in [3.05, 3.63) is 77.6 Å². The van der Waals surface area contributed by atoms with E-state index in [0.717, 1.165) is 28.6 Å². The number of carboxylic acid groups (broad SMARTS) is 1. The van der Waals surface area contributed by atoms with Crippen LogP contribution < -0.4 is 9.04 Å². The molecular formula is C29H24F7NO6S. The van der Waals surface area contributed by atoms with Crippen LogP contribution in [-0.4, -0.2) is 45.4 Å². The Kier molecular flexibility index (Phi) is 8.08. The molecule has 1 fully saturated rings. The summed E-state index contributed by atoms with van der Waals surface area (Å²) < 4.78 is 135. The average molecular weight is 648 g/mol. The summed E-state index contributed by atoms with van der Waals surface area (Å²) in [5.41, 5.74) is -4.36. The van der Waals surface area contributed by atoms with E-state index in [2.05, 4.69) is 0 Å². The van der Waals surface area contributed by atoms with Crippen LogP contribution in [0.15, 0.2) is 65.6 Å². The molecule has 1 N–H and O–H groups in total. The molecule has 2 heterocycles. The van der Waals surface area contributed by atoms with Gasteiger partial charge in [0.25, 0.3) is 10.0 Å². The van der Waals surface area contributed by atoms with Crippen LogP contribution in [0.4, 0.5) is 36.4 Å². The highest BCUT2D eigenvalue weighted by Crippen LogP contribution is 2.45. The van der Waals surface area contributed by atoms with Gasteiger partial charge in [-0.2, -0.15) is 26.3 Å². The monoisotopic (exact) mass is 647 g/mol. The van der Waals surface area contributed by atoms with Gasteiger partial charge in [0.15, 0.2) is 0 Å². The first kappa shape index (κ1) is 31.6. The normalized spacial score (nSPS) is 18.8. The van der Waals surface area contributed by atoms with E-state index in [1.165, 1.54) is 12.1 Å². The second kappa shape index (κ2) is 11.3. The van der Waals surface area contributed by atoms with E-state index in [1.807, 2.05) is 0 Å². The number of fused-ring (bicyclic) bond motifs is 1. The number of carbonyl (C=O) groups is 1. The number of alkyl halides is 6. The molecule has 44 heavy (non-hydrogen) atoms. The Labute approximate surface area is 246 Å². The summed E-state index contributed by atoms with van der Waals surface area (Å²) in [7, 11) is -4.78. The molecular weight excluding hydrogens is 623 g/mol. The lowest BCUT2D eigenvalue weighted by atomic mass is 9.75. The van der Waals surface area contributed by atoms with Gasteiger partial charge in [0.2, 0.25) is 0 Å². The molecule has 1 atom stereocenters. The average Bonchev–Trinajstić information content (AvgIpc) is 2.96. The van der Waals surface area contributed by atoms with E-state index in [1.54, 1.807) is 0 Å². The molecule has 1 saturated heterocycles. The van der Waals surface area contributed by atoms with Crippen molar-refractivity contribution in [3.63, 3.8) is 0 Å². The highest BCUT2D eigenvalue weighted by molar-refractivity contribution is 7.92. The number of ether oxygens (including phenoxy) is 2. The Morgan fingerprint density at radius 2 is 1.59 bits per heavy atom. The molecule has 0 aliphatic carbocycles. The fourth-order valence-corrected chi connectivity index (χ4v) is 6.95. The summed E-state index contributed by atoms with van der Waals surface area (Å²) in [4.78, 5) is 11.6. The van der Waals surface area contributed by atoms with Crippen LogP contribution in [0.25, 0.3) is 11.1 Å². The first-order valence-corrected chi connectivity index (χ1v) is 14.6. The molecule has 0 saturated carbocycles. The van der Waals surface area contributed by atoms with Gasteiger partial charge in [-0.05, 0) is 72.5 Å². The first-order valence-electron chi connectivity index (χ1n) is 13.2. The highest BCUT2D eigenvalue weighted by atomic mass is 32.2. The third-order valence-electron chi connectivity index (χ3n) is 7.72. The quantitative estimate of drug-likeness (QED) is 0.298. The Morgan fingerprint density at radius 1 is 0.909 bits per heavy atom. The van der Waals surface area contributed by atoms with Crippen molar-refractivity contribution in [3.8, 4) is 16.9 Å². The number of rotatable bonds is 6. The summed E-state index contributed by atoms with van der Waals surface area (Å²) in [5, 5.41) is 10.0. The SMILES string of the molecule is O=C(O)C1(CC2CN(S(=O)(=O)c3cccc(C(F)(F)F)c3)c3cc(-c4cc(F)cc(C(F)(F)F)c4)ccc3O2)CCOCC1. The van der Waals surface area contributed by atoms with Crippen molar-refractivity contribution in [1.82, 2.24) is 0 Å². The lowest BCUT2D eigenvalue weighted by molar-refractivity contribution is -0.157. The number of carboxylic acids is 1. The van der Waals surface area contributed by atoms with Crippen molar-refractivity contribution in [2.45, 2.75) is 42.6 Å². The van der Waals surface area contributed by atoms with Gasteiger partial charge in [-0.3, -0.25) is 9.10 Å². The van der Waals surface area contributed by atoms with Crippen molar-refractivity contribution >= 4 is 21.7 Å². The zero-order chi connectivity index (χ0) is 32.1. The Balaban J connectivity index is 1.62. The number of anilines is 1. The fourth-order valence-electron chi connectivity index (χ4n) is 5.41. The third kappa shape index (κ3) is 6.20. The van der Waals surface area contributed by atoms with Gasteiger partial charge in [-0.25, -0.2) is 12.8 Å². The van der Waals surface area contributed by atoms with E-state index < -0.39 is 68.2 Å². The molecule has 3 aromatic carbocycles. The smallest absolute Gasteiger partial charge is 0.416 e. The largest absolute Gasteiger partial charge is 0.486 e. The molecule has 236 valence electrons. The van der Waals surface area contributed by atoms with Crippen molar-refractivity contribution in [2.24, 2.45) is 5.41 Å². The molecule has 3 aromatic rings. The highest BCUT2D eigenvalue weighted by Gasteiger charge is 2.45. The van der Waals surface area contributed by atoms with Crippen LogP contribution in [0.3, 0.4) is 0 Å². The molecule has 2 aliphatic heterocycles. The van der Waals surface area contributed by atoms with Crippen LogP contribution in [0.1, 0.15) is 30.4 Å². The predicted molar refractivity (Wildman–Crippen MR) is 142 cm³/mol. The Bertz CT molecular complexity index is 1680. The Hall–Kier alpha value is -3.85. The maximum absolute atomic E-state index is 14.2. The second-order valence-corrected chi connectivity index (χ2v) is 12.5. The number of aliphatic carboxylic acids is 1. The van der Waals surface area contributed by atoms with E-state index in [9.17, 15) is 49.1 Å². The maximum Gasteiger partial charge on any atom is 0.416 e. The van der Waals surface area contributed by atoms with Gasteiger partial charge in [-0.15, -0.1) is 0 Å². The summed E-state index contributed by atoms with van der Waals surface area (Å²) in [6.07, 6.45) is -10.8. The van der Waals surface area contributed by atoms with Crippen LogP contribution >= 0.6 is 0 Å². The van der Waals surface area contributed by atoms with Crippen LogP contribution in [0.2, 0.25) is 0 Å². The van der Waals surface area contributed by atoms with Gasteiger partial charge >= 0.3 is 18.3 Å². The van der Waals surface area contributed by atoms with Crippen molar-refractivity contribution in [1.29, 1.82) is 0 Å². The minimum absolute atomic E-state index is 0.0357. The van der Waals surface area contributed by atoms with E-state index in [-0.39, 0.29) is 55.0 Å². The lowest BCUT2D eigenvalue weighted by Crippen LogP contribution is -2.48. The number of hydrogen-bond donors (Lipinski definition) is 1. The van der Waals surface area contributed by atoms with Gasteiger partial charge in [0, 0.05) is 19.6 Å². The zero-order valence-electron chi connectivity index (χ0n) is 22.6. The molecule has 7 nitrogen and oxygen atoms in total. The van der Waals surface area contributed by atoms with Gasteiger partial charge in [-0.1, -0.05) is 12.1 Å². The molecule has 15 heteroatoms. The van der Waals surface area contributed by atoms with Gasteiger partial charge < -0.3 is 14.6 Å². The zero-order valence-corrected chi connectivity index (χ0v) is 23.4. The minimum atomic E-state index is -4.88. The van der Waals surface area contributed by atoms with E-state index in [4.69, 9.17) is 9.47 Å². The van der Waals surface area contributed by atoms with Crippen LogP contribution in [0.5, 0.6) is 5.75 Å². The van der Waals surface area contributed by atoms with Gasteiger partial charge in [0.1, 0.15) is 17.7 Å². The standard InChI is InChI=1S/C29H24F7NO6S/c30-21-11-18(10-20(13-21)29(34,35)36)17-4-5-25-24(12-17)37(44(40,41)23-3-1-2-19(14-23)28(31,32)33)16-22(43-25)15-27(26(38)39)6-8-42-9-7-27/h1-5,10-14,22H,6-9,15-16H2,(H,38,39). The molecule has 0 amide bonds. The number of benzene rings is 3. The predicted octanol–water partition coefficient (Wildman–Crippen LogP) is 6.76. The molecule has 2 aliphatic rings. The minimum Gasteiger partial charge on any atom is -0.486 e. The topological polar surface area (TPSA) is 93.1 Å². The Morgan fingerprint density at radius 3 is 2.23 bits per heavy atom. The number of nitrogens with zero attached hydrogens (tertiary/aromatic N) is 1. The van der Waals surface area contributed by atoms with Crippen molar-refractivity contribution < 1.29 is 58.5 Å². The van der Waals surface area contributed by atoms with Crippen LogP contribution in [-0.2, 0) is 31.9 Å². The summed E-state index contributed by atoms with van der Waals surface area (Å²) in [6.45, 7) is -0.251. The molecule has 0 aromatic heterocycles. The lowest BCUT2D eigenvalue weighted by Gasteiger charge is -2.40. The van der Waals surface area contributed by atoms with Crippen LogP contribution in [0, 0.1) is 11.2 Å². The van der Waals surface area contributed by atoms with E-state index >= 15 is 0 Å². The fraction of sp³-hybridized carbons (Fsp3) is 0.345. The maximum atomic E-state index is 14.2. The second-order valence-electron chi connectivity index (χ2n) is 10.6. The molecule has 0 radical (unpaired) electrons. The molecule has 0 bridgehead atoms. The number of halogens is 7. The van der Waals surface area contributed by atoms with Gasteiger partial charge in [0.05, 0.1) is 33.7 Å². The molecule has 0 spiro atoms. The number of sulfonamides is 1. The third-order valence-corrected chi connectivity index (χ3v) is 9.50. The molecule has 5 rings (SSSR count). The van der Waals surface area contributed by atoms with Crippen molar-refractivity contribution in [2.75, 3.05) is 24.1 Å². The summed E-state index contributed by atoms with van der Waals surface area (Å²) in [6, 6.07) is 8.44.